The van der Waals surface area contributed by atoms with Crippen molar-refractivity contribution in [1.29, 1.82) is 0 Å². The van der Waals surface area contributed by atoms with Crippen LogP contribution in [0.25, 0.3) is 0 Å². The van der Waals surface area contributed by atoms with E-state index < -0.39 is 44.6 Å². The molecule has 0 aromatic rings. The third-order valence-corrected chi connectivity index (χ3v) is 5.17. The van der Waals surface area contributed by atoms with Gasteiger partial charge < -0.3 is 28.5 Å². The second-order valence-electron chi connectivity index (χ2n) is 7.20. The first-order valence-electron chi connectivity index (χ1n) is 7.41. The number of rotatable bonds is 5. The Hall–Kier alpha value is -0.963. The highest BCUT2D eigenvalue weighted by atomic mass is 28.3. The van der Waals surface area contributed by atoms with E-state index in [0.29, 0.717) is 12.9 Å². The van der Waals surface area contributed by atoms with Crippen LogP contribution in [0.4, 0.5) is 4.79 Å². The molecule has 2 heterocycles. The minimum absolute atomic E-state index is 0.310. The minimum Gasteiger partial charge on any atom is -0.435 e. The standard InChI is InChI=1S/C14H24O7Si/c1-14(2)20-11-10(9(8-15)18-12(11)21-14)19-13(16)17-6-7-22(3,4)5/h8-12H,6-7H2,1-5H3/t9-,10+,11-,12-/m1/s1. The van der Waals surface area contributed by atoms with Gasteiger partial charge >= 0.3 is 6.16 Å². The Morgan fingerprint density at radius 3 is 2.55 bits per heavy atom. The molecule has 126 valence electrons. The third kappa shape index (κ3) is 4.28. The molecule has 0 bridgehead atoms. The summed E-state index contributed by atoms with van der Waals surface area (Å²) >= 11 is 0. The predicted molar refractivity (Wildman–Crippen MR) is 79.1 cm³/mol. The van der Waals surface area contributed by atoms with Gasteiger partial charge in [0.25, 0.3) is 0 Å². The summed E-state index contributed by atoms with van der Waals surface area (Å²) in [6.07, 6.45) is -3.34. The van der Waals surface area contributed by atoms with Crippen LogP contribution < -0.4 is 0 Å². The highest BCUT2D eigenvalue weighted by Gasteiger charge is 2.56. The maximum absolute atomic E-state index is 11.8. The van der Waals surface area contributed by atoms with Gasteiger partial charge in [0.2, 0.25) is 0 Å². The number of carbonyl (C=O) groups excluding carboxylic acids is 2. The number of ether oxygens (including phenoxy) is 5. The Bertz CT molecular complexity index is 431. The highest BCUT2D eigenvalue weighted by Crippen LogP contribution is 2.38. The van der Waals surface area contributed by atoms with Crippen LogP contribution in [-0.4, -0.2) is 57.5 Å². The van der Waals surface area contributed by atoms with Crippen LogP contribution in [-0.2, 0) is 28.5 Å². The van der Waals surface area contributed by atoms with Gasteiger partial charge in [0, 0.05) is 8.07 Å². The number of aldehydes is 1. The van der Waals surface area contributed by atoms with E-state index in [2.05, 4.69) is 19.6 Å². The summed E-state index contributed by atoms with van der Waals surface area (Å²) in [5.74, 6) is -0.841. The van der Waals surface area contributed by atoms with E-state index in [0.717, 1.165) is 6.04 Å². The number of carbonyl (C=O) groups is 2. The van der Waals surface area contributed by atoms with Crippen molar-refractivity contribution in [2.75, 3.05) is 6.61 Å². The summed E-state index contributed by atoms with van der Waals surface area (Å²) in [6, 6.07) is 0.846. The average Bonchev–Trinajstić information content (AvgIpc) is 2.81. The summed E-state index contributed by atoms with van der Waals surface area (Å²) in [6.45, 7) is 10.3. The van der Waals surface area contributed by atoms with Crippen molar-refractivity contribution >= 4 is 20.5 Å². The Balaban J connectivity index is 1.89. The molecule has 0 aromatic carbocycles. The predicted octanol–water partition coefficient (Wildman–Crippen LogP) is 1.92. The molecule has 0 unspecified atom stereocenters. The fraction of sp³-hybridized carbons (Fsp3) is 0.857. The lowest BCUT2D eigenvalue weighted by molar-refractivity contribution is -0.212. The van der Waals surface area contributed by atoms with Gasteiger partial charge in [0.05, 0.1) is 6.61 Å². The molecular formula is C14H24O7Si. The molecule has 2 fully saturated rings. The summed E-state index contributed by atoms with van der Waals surface area (Å²) in [5.41, 5.74) is 0. The first-order valence-corrected chi connectivity index (χ1v) is 11.1. The van der Waals surface area contributed by atoms with Gasteiger partial charge in [-0.05, 0) is 19.9 Å². The quantitative estimate of drug-likeness (QED) is 0.432. The SMILES string of the molecule is CC1(C)O[C@H]2O[C@H](C=O)[C@H](OC(=O)OCC[Si](C)(C)C)[C@H]2O1. The smallest absolute Gasteiger partial charge is 0.435 e. The fourth-order valence-electron chi connectivity index (χ4n) is 2.33. The van der Waals surface area contributed by atoms with E-state index in [-0.39, 0.29) is 0 Å². The van der Waals surface area contributed by atoms with Crippen LogP contribution in [0.3, 0.4) is 0 Å². The molecule has 2 rings (SSSR count). The maximum Gasteiger partial charge on any atom is 0.508 e. The van der Waals surface area contributed by atoms with E-state index >= 15 is 0 Å². The van der Waals surface area contributed by atoms with Crippen molar-refractivity contribution in [3.63, 3.8) is 0 Å². The van der Waals surface area contributed by atoms with Crippen LogP contribution in [0.15, 0.2) is 0 Å². The molecule has 2 aliphatic heterocycles. The van der Waals surface area contributed by atoms with Gasteiger partial charge in [0.1, 0.15) is 0 Å². The van der Waals surface area contributed by atoms with Crippen LogP contribution in [0, 0.1) is 0 Å². The highest BCUT2D eigenvalue weighted by molar-refractivity contribution is 6.76. The Morgan fingerprint density at radius 2 is 1.95 bits per heavy atom. The molecule has 22 heavy (non-hydrogen) atoms. The van der Waals surface area contributed by atoms with E-state index in [1.165, 1.54) is 0 Å². The largest absolute Gasteiger partial charge is 0.508 e. The van der Waals surface area contributed by atoms with Crippen molar-refractivity contribution in [2.24, 2.45) is 0 Å². The molecule has 0 aliphatic carbocycles. The molecule has 0 radical (unpaired) electrons. The van der Waals surface area contributed by atoms with Crippen LogP contribution in [0.2, 0.25) is 25.7 Å². The fourth-order valence-corrected chi connectivity index (χ4v) is 3.05. The third-order valence-electron chi connectivity index (χ3n) is 3.47. The monoisotopic (exact) mass is 332 g/mol. The zero-order valence-corrected chi connectivity index (χ0v) is 14.7. The van der Waals surface area contributed by atoms with Gasteiger partial charge in [-0.2, -0.15) is 0 Å². The van der Waals surface area contributed by atoms with E-state index in [1.807, 2.05) is 0 Å². The summed E-state index contributed by atoms with van der Waals surface area (Å²) in [7, 11) is -1.29. The zero-order chi connectivity index (χ0) is 16.5. The van der Waals surface area contributed by atoms with Crippen LogP contribution >= 0.6 is 0 Å². The van der Waals surface area contributed by atoms with Crippen LogP contribution in [0.1, 0.15) is 13.8 Å². The second kappa shape index (κ2) is 6.27. The Morgan fingerprint density at radius 1 is 1.27 bits per heavy atom. The first kappa shape index (κ1) is 17.4. The van der Waals surface area contributed by atoms with Gasteiger partial charge in [0.15, 0.2) is 36.7 Å². The van der Waals surface area contributed by atoms with Gasteiger partial charge in [-0.15, -0.1) is 0 Å². The van der Waals surface area contributed by atoms with Gasteiger partial charge in [-0.3, -0.25) is 0 Å². The molecule has 2 saturated heterocycles. The maximum atomic E-state index is 11.8. The van der Waals surface area contributed by atoms with Crippen LogP contribution in [0.5, 0.6) is 0 Å². The molecule has 0 aromatic heterocycles. The van der Waals surface area contributed by atoms with E-state index in [1.54, 1.807) is 13.8 Å². The van der Waals surface area contributed by atoms with Gasteiger partial charge in [-0.25, -0.2) is 4.79 Å². The topological polar surface area (TPSA) is 80.3 Å². The zero-order valence-electron chi connectivity index (χ0n) is 13.7. The summed E-state index contributed by atoms with van der Waals surface area (Å²) in [5, 5.41) is 0. The minimum atomic E-state index is -1.29. The van der Waals surface area contributed by atoms with Crippen molar-refractivity contribution in [1.82, 2.24) is 0 Å². The number of hydrogen-bond acceptors (Lipinski definition) is 7. The number of fused-ring (bicyclic) bond motifs is 1. The molecule has 4 atom stereocenters. The molecule has 8 heteroatoms. The molecule has 0 N–H and O–H groups in total. The Labute approximate surface area is 131 Å². The van der Waals surface area contributed by atoms with E-state index in [9.17, 15) is 9.59 Å². The van der Waals surface area contributed by atoms with Crippen molar-refractivity contribution in [3.8, 4) is 0 Å². The number of hydrogen-bond donors (Lipinski definition) is 0. The molecule has 0 saturated carbocycles. The van der Waals surface area contributed by atoms with Gasteiger partial charge in [-0.1, -0.05) is 19.6 Å². The lowest BCUT2D eigenvalue weighted by Crippen LogP contribution is -2.39. The molecule has 0 amide bonds. The normalized spacial score (nSPS) is 33.3. The average molecular weight is 332 g/mol. The van der Waals surface area contributed by atoms with Crippen molar-refractivity contribution < 1.29 is 33.3 Å². The molecular weight excluding hydrogens is 308 g/mol. The second-order valence-corrected chi connectivity index (χ2v) is 12.8. The van der Waals surface area contributed by atoms with Crippen molar-refractivity contribution in [3.05, 3.63) is 0 Å². The molecule has 7 nitrogen and oxygen atoms in total. The van der Waals surface area contributed by atoms with E-state index in [4.69, 9.17) is 23.7 Å². The lowest BCUT2D eigenvalue weighted by atomic mass is 10.1. The summed E-state index contributed by atoms with van der Waals surface area (Å²) < 4.78 is 26.9. The van der Waals surface area contributed by atoms with Crippen molar-refractivity contribution in [2.45, 2.75) is 69.9 Å². The Kier molecular flexibility index (Phi) is 4.95. The summed E-state index contributed by atoms with van der Waals surface area (Å²) in [4.78, 5) is 22.9. The lowest BCUT2D eigenvalue weighted by Gasteiger charge is -2.23. The molecule has 0 spiro atoms. The molecule has 2 aliphatic rings. The first-order chi connectivity index (χ1) is 10.1.